The molecule has 2 aromatic carbocycles. The molecule has 0 radical (unpaired) electrons. The summed E-state index contributed by atoms with van der Waals surface area (Å²) in [6.07, 6.45) is 0. The topological polar surface area (TPSA) is 54.5 Å². The van der Waals surface area contributed by atoms with E-state index in [0.29, 0.717) is 28.0 Å². The fraction of sp³-hybridized carbons (Fsp3) is 0.200. The number of halogens is 2. The lowest BCUT2D eigenvalue weighted by Gasteiger charge is -2.16. The molecule has 0 aliphatic rings. The number of benzene rings is 2. The van der Waals surface area contributed by atoms with E-state index in [2.05, 4.69) is 10.3 Å². The molecular weight excluding hydrogens is 417 g/mol. The fourth-order valence-electron chi connectivity index (χ4n) is 2.68. The van der Waals surface area contributed by atoms with Gasteiger partial charge in [0.25, 0.3) is 0 Å². The van der Waals surface area contributed by atoms with Gasteiger partial charge < -0.3 is 10.1 Å². The van der Waals surface area contributed by atoms with Crippen molar-refractivity contribution < 1.29 is 9.53 Å². The molecule has 8 heteroatoms. The number of ether oxygens (including phenoxy) is 1. The molecule has 1 aromatic heterocycles. The molecule has 0 fully saturated rings. The number of carbonyl (C=O) groups is 1. The summed E-state index contributed by atoms with van der Waals surface area (Å²) in [6, 6.07) is 12.7. The van der Waals surface area contributed by atoms with Crippen LogP contribution in [0.1, 0.15) is 5.69 Å². The number of likely N-dealkylation sites (N-methyl/N-ethyl adjacent to an activating group) is 1. The zero-order valence-electron chi connectivity index (χ0n) is 15.4. The van der Waals surface area contributed by atoms with E-state index in [1.54, 1.807) is 25.3 Å². The van der Waals surface area contributed by atoms with Crippen LogP contribution in [0.4, 0.5) is 5.69 Å². The van der Waals surface area contributed by atoms with Crippen LogP contribution in [0.25, 0.3) is 10.6 Å². The molecule has 0 spiro atoms. The molecule has 0 aliphatic carbocycles. The predicted molar refractivity (Wildman–Crippen MR) is 116 cm³/mol. The molecule has 1 amide bonds. The van der Waals surface area contributed by atoms with Crippen molar-refractivity contribution in [2.24, 2.45) is 0 Å². The number of hydrogen-bond donors (Lipinski definition) is 1. The minimum atomic E-state index is -0.162. The number of hydrogen-bond acceptors (Lipinski definition) is 5. The molecular formula is C20H19Cl2N3O2S. The van der Waals surface area contributed by atoms with Crippen LogP contribution >= 0.6 is 34.5 Å². The molecule has 5 nitrogen and oxygen atoms in total. The third-order valence-corrected chi connectivity index (χ3v) is 5.43. The highest BCUT2D eigenvalue weighted by Gasteiger charge is 2.13. The lowest BCUT2D eigenvalue weighted by atomic mass is 10.2. The summed E-state index contributed by atoms with van der Waals surface area (Å²) in [6.45, 7) is 0.746. The number of thiazole rings is 1. The molecule has 1 N–H and O–H groups in total. The largest absolute Gasteiger partial charge is 0.495 e. The quantitative estimate of drug-likeness (QED) is 0.554. The van der Waals surface area contributed by atoms with Crippen molar-refractivity contribution in [3.05, 3.63) is 63.6 Å². The molecule has 3 aromatic rings. The van der Waals surface area contributed by atoms with Gasteiger partial charge in [-0.3, -0.25) is 9.69 Å². The van der Waals surface area contributed by atoms with Gasteiger partial charge >= 0.3 is 0 Å². The molecule has 0 saturated heterocycles. The number of carbonyl (C=O) groups excluding carboxylic acids is 1. The van der Waals surface area contributed by atoms with Crippen LogP contribution in [0.2, 0.25) is 10.0 Å². The highest BCUT2D eigenvalue weighted by Crippen LogP contribution is 2.30. The van der Waals surface area contributed by atoms with E-state index >= 15 is 0 Å². The van der Waals surface area contributed by atoms with Crippen LogP contribution in [0, 0.1) is 0 Å². The van der Waals surface area contributed by atoms with Gasteiger partial charge in [-0.05, 0) is 31.3 Å². The second kappa shape index (κ2) is 9.39. The van der Waals surface area contributed by atoms with E-state index in [0.717, 1.165) is 16.3 Å². The number of amides is 1. The molecule has 0 aliphatic heterocycles. The lowest BCUT2D eigenvalue weighted by Crippen LogP contribution is -2.30. The first-order chi connectivity index (χ1) is 13.5. The highest BCUT2D eigenvalue weighted by atomic mass is 35.5. The van der Waals surface area contributed by atoms with Gasteiger partial charge in [-0.15, -0.1) is 11.3 Å². The number of nitrogens with one attached hydrogen (secondary N) is 1. The summed E-state index contributed by atoms with van der Waals surface area (Å²) in [5.74, 6) is 0.397. The normalized spacial score (nSPS) is 10.9. The average Bonchev–Trinajstić information content (AvgIpc) is 3.10. The van der Waals surface area contributed by atoms with E-state index in [-0.39, 0.29) is 12.5 Å². The van der Waals surface area contributed by atoms with Crippen molar-refractivity contribution in [1.82, 2.24) is 9.88 Å². The molecule has 0 saturated carbocycles. The third kappa shape index (κ3) is 5.23. The van der Waals surface area contributed by atoms with Crippen molar-refractivity contribution in [2.75, 3.05) is 26.0 Å². The Morgan fingerprint density at radius 1 is 1.25 bits per heavy atom. The van der Waals surface area contributed by atoms with Gasteiger partial charge in [0.15, 0.2) is 0 Å². The minimum Gasteiger partial charge on any atom is -0.495 e. The molecule has 1 heterocycles. The smallest absolute Gasteiger partial charge is 0.238 e. The average molecular weight is 436 g/mol. The van der Waals surface area contributed by atoms with E-state index in [1.165, 1.54) is 11.3 Å². The summed E-state index contributed by atoms with van der Waals surface area (Å²) in [5, 5.41) is 6.87. The fourth-order valence-corrected chi connectivity index (χ4v) is 3.99. The second-order valence-corrected chi connectivity index (χ2v) is 7.89. The summed E-state index contributed by atoms with van der Waals surface area (Å²) >= 11 is 13.8. The van der Waals surface area contributed by atoms with Gasteiger partial charge in [0.1, 0.15) is 10.8 Å². The molecule has 0 unspecified atom stereocenters. The SMILES string of the molecule is COc1ccc(Cl)cc1NC(=O)CN(C)Cc1csc(-c2ccccc2Cl)n1. The Hall–Kier alpha value is -2.12. The first-order valence-electron chi connectivity index (χ1n) is 8.47. The predicted octanol–water partition coefficient (Wildman–Crippen LogP) is 5.20. The standard InChI is InChI=1S/C20H19Cl2N3O2S/c1-25(11-19(26)24-17-9-13(21)7-8-18(17)27-2)10-14-12-28-20(23-14)15-5-3-4-6-16(15)22/h3-9,12H,10-11H2,1-2H3,(H,24,26). The van der Waals surface area contributed by atoms with Crippen LogP contribution in [0.3, 0.4) is 0 Å². The lowest BCUT2D eigenvalue weighted by molar-refractivity contribution is -0.117. The van der Waals surface area contributed by atoms with Crippen molar-refractivity contribution in [1.29, 1.82) is 0 Å². The van der Waals surface area contributed by atoms with Gasteiger partial charge in [0, 0.05) is 22.5 Å². The van der Waals surface area contributed by atoms with Crippen LogP contribution in [0.5, 0.6) is 5.75 Å². The highest BCUT2D eigenvalue weighted by molar-refractivity contribution is 7.13. The zero-order chi connectivity index (χ0) is 20.1. The number of rotatable bonds is 7. The Bertz CT molecular complexity index is 978. The summed E-state index contributed by atoms with van der Waals surface area (Å²) in [7, 11) is 3.41. The van der Waals surface area contributed by atoms with E-state index < -0.39 is 0 Å². The van der Waals surface area contributed by atoms with E-state index in [1.807, 2.05) is 41.6 Å². The Balaban J connectivity index is 1.60. The minimum absolute atomic E-state index is 0.162. The van der Waals surface area contributed by atoms with Crippen LogP contribution < -0.4 is 10.1 Å². The third-order valence-electron chi connectivity index (χ3n) is 3.94. The van der Waals surface area contributed by atoms with Crippen molar-refractivity contribution in [3.63, 3.8) is 0 Å². The Labute approximate surface area is 177 Å². The van der Waals surface area contributed by atoms with Crippen LogP contribution in [-0.2, 0) is 11.3 Å². The first-order valence-corrected chi connectivity index (χ1v) is 10.1. The van der Waals surface area contributed by atoms with Gasteiger partial charge in [0.05, 0.1) is 30.1 Å². The molecule has 146 valence electrons. The number of nitrogens with zero attached hydrogens (tertiary/aromatic N) is 2. The molecule has 0 atom stereocenters. The number of aromatic nitrogens is 1. The van der Waals surface area contributed by atoms with Crippen molar-refractivity contribution in [3.8, 4) is 16.3 Å². The maximum atomic E-state index is 12.4. The summed E-state index contributed by atoms with van der Waals surface area (Å²) in [4.78, 5) is 18.9. The van der Waals surface area contributed by atoms with Crippen LogP contribution in [0.15, 0.2) is 47.8 Å². The van der Waals surface area contributed by atoms with Crippen molar-refractivity contribution >= 4 is 46.1 Å². The molecule has 28 heavy (non-hydrogen) atoms. The number of anilines is 1. The van der Waals surface area contributed by atoms with Gasteiger partial charge in [-0.2, -0.15) is 0 Å². The molecule has 3 rings (SSSR count). The van der Waals surface area contributed by atoms with E-state index in [9.17, 15) is 4.79 Å². The number of methoxy groups -OCH3 is 1. The Morgan fingerprint density at radius 3 is 2.79 bits per heavy atom. The first kappa shape index (κ1) is 20.6. The zero-order valence-corrected chi connectivity index (χ0v) is 17.7. The van der Waals surface area contributed by atoms with Gasteiger partial charge in [-0.25, -0.2) is 4.98 Å². The summed E-state index contributed by atoms with van der Waals surface area (Å²) in [5.41, 5.74) is 2.34. The maximum absolute atomic E-state index is 12.4. The van der Waals surface area contributed by atoms with Crippen molar-refractivity contribution in [2.45, 2.75) is 6.54 Å². The molecule has 0 bridgehead atoms. The summed E-state index contributed by atoms with van der Waals surface area (Å²) < 4.78 is 5.25. The second-order valence-electron chi connectivity index (χ2n) is 6.19. The maximum Gasteiger partial charge on any atom is 0.238 e. The van der Waals surface area contributed by atoms with Crippen LogP contribution in [-0.4, -0.2) is 36.5 Å². The van der Waals surface area contributed by atoms with E-state index in [4.69, 9.17) is 27.9 Å². The van der Waals surface area contributed by atoms with Gasteiger partial charge in [-0.1, -0.05) is 41.4 Å². The Kier molecular flexibility index (Phi) is 6.91. The van der Waals surface area contributed by atoms with Gasteiger partial charge in [0.2, 0.25) is 5.91 Å². The Morgan fingerprint density at radius 2 is 2.04 bits per heavy atom. The monoisotopic (exact) mass is 435 g/mol.